The van der Waals surface area contributed by atoms with E-state index in [4.69, 9.17) is 9.72 Å². The van der Waals surface area contributed by atoms with Crippen LogP contribution in [0.4, 0.5) is 0 Å². The maximum atomic E-state index is 13.5. The minimum Gasteiger partial charge on any atom is -0.494 e. The van der Waals surface area contributed by atoms with Crippen LogP contribution in [0.1, 0.15) is 31.3 Å². The fourth-order valence-corrected chi connectivity index (χ4v) is 3.75. The van der Waals surface area contributed by atoms with E-state index in [0.29, 0.717) is 29.0 Å². The Morgan fingerprint density at radius 2 is 1.71 bits per heavy atom. The molecule has 1 aromatic heterocycles. The average molecular weight is 454 g/mol. The molecule has 1 atom stereocenters. The van der Waals surface area contributed by atoms with Gasteiger partial charge in [-0.3, -0.25) is 14.2 Å². The van der Waals surface area contributed by atoms with Crippen molar-refractivity contribution in [1.29, 1.82) is 0 Å². The summed E-state index contributed by atoms with van der Waals surface area (Å²) in [5.74, 6) is 1.02. The summed E-state index contributed by atoms with van der Waals surface area (Å²) in [7, 11) is 1.71. The molecule has 0 aliphatic carbocycles. The Morgan fingerprint density at radius 1 is 1.03 bits per heavy atom. The zero-order valence-electron chi connectivity index (χ0n) is 19.5. The van der Waals surface area contributed by atoms with Crippen LogP contribution < -0.4 is 10.3 Å². The van der Waals surface area contributed by atoms with E-state index < -0.39 is 6.04 Å². The first-order valence-corrected chi connectivity index (χ1v) is 11.2. The summed E-state index contributed by atoms with van der Waals surface area (Å²) < 4.78 is 7.12. The normalized spacial score (nSPS) is 12.1. The number of fused-ring (bicyclic) bond motifs is 1. The number of hydrogen-bond acceptors (Lipinski definition) is 4. The summed E-state index contributed by atoms with van der Waals surface area (Å²) in [6, 6.07) is 23.7. The van der Waals surface area contributed by atoms with Gasteiger partial charge in [0.2, 0.25) is 5.91 Å². The highest BCUT2D eigenvalue weighted by Crippen LogP contribution is 2.23. The van der Waals surface area contributed by atoms with Crippen molar-refractivity contribution in [3.05, 3.63) is 107 Å². The van der Waals surface area contributed by atoms with Crippen molar-refractivity contribution in [2.24, 2.45) is 0 Å². The molecule has 4 aromatic rings. The SMILES string of the molecule is CCOc1ccc(-n2c(C(C)N(C)C(=O)/C=C/c3ccccc3)nc3ccccc3c2=O)cc1. The van der Waals surface area contributed by atoms with Crippen molar-refractivity contribution in [2.45, 2.75) is 19.9 Å². The predicted molar refractivity (Wildman–Crippen MR) is 135 cm³/mol. The lowest BCUT2D eigenvalue weighted by molar-refractivity contribution is -0.126. The molecule has 0 fully saturated rings. The molecule has 0 saturated heterocycles. The molecule has 1 amide bonds. The molecular weight excluding hydrogens is 426 g/mol. The standard InChI is InChI=1S/C28H27N3O3/c1-4-34-23-17-15-22(16-18-23)31-27(29-25-13-9-8-12-24(25)28(31)33)20(2)30(3)26(32)19-14-21-10-6-5-7-11-21/h5-20H,4H2,1-3H3/b19-14+. The van der Waals surface area contributed by atoms with Crippen molar-refractivity contribution in [3.8, 4) is 11.4 Å². The number of nitrogens with zero attached hydrogens (tertiary/aromatic N) is 3. The van der Waals surface area contributed by atoms with Gasteiger partial charge in [-0.25, -0.2) is 4.98 Å². The number of benzene rings is 3. The lowest BCUT2D eigenvalue weighted by atomic mass is 10.1. The van der Waals surface area contributed by atoms with Crippen LogP contribution in [0.15, 0.2) is 89.7 Å². The molecule has 0 saturated carbocycles. The van der Waals surface area contributed by atoms with Gasteiger partial charge in [-0.15, -0.1) is 0 Å². The first kappa shape index (κ1) is 23.0. The van der Waals surface area contributed by atoms with Crippen LogP contribution in [-0.4, -0.2) is 34.0 Å². The smallest absolute Gasteiger partial charge is 0.266 e. The molecule has 0 aliphatic rings. The van der Waals surface area contributed by atoms with Crippen molar-refractivity contribution in [2.75, 3.05) is 13.7 Å². The first-order valence-electron chi connectivity index (χ1n) is 11.2. The van der Waals surface area contributed by atoms with E-state index >= 15 is 0 Å². The Labute approximate surface area is 198 Å². The number of amides is 1. The lowest BCUT2D eigenvalue weighted by Gasteiger charge is -2.26. The Hall–Kier alpha value is -4.19. The molecule has 3 aromatic carbocycles. The molecule has 34 heavy (non-hydrogen) atoms. The van der Waals surface area contributed by atoms with E-state index in [1.165, 1.54) is 6.08 Å². The second-order valence-electron chi connectivity index (χ2n) is 7.92. The molecule has 0 spiro atoms. The van der Waals surface area contributed by atoms with Gasteiger partial charge in [0.25, 0.3) is 5.56 Å². The van der Waals surface area contributed by atoms with Gasteiger partial charge in [-0.1, -0.05) is 42.5 Å². The topological polar surface area (TPSA) is 64.4 Å². The van der Waals surface area contributed by atoms with Crippen molar-refractivity contribution < 1.29 is 9.53 Å². The Kier molecular flexibility index (Phi) is 6.87. The van der Waals surface area contributed by atoms with E-state index in [2.05, 4.69) is 0 Å². The Bertz CT molecular complexity index is 1380. The molecule has 6 nitrogen and oxygen atoms in total. The van der Waals surface area contributed by atoms with Crippen LogP contribution >= 0.6 is 0 Å². The molecule has 0 bridgehead atoms. The minimum atomic E-state index is -0.461. The molecule has 1 unspecified atom stereocenters. The van der Waals surface area contributed by atoms with E-state index in [1.54, 1.807) is 28.7 Å². The van der Waals surface area contributed by atoms with Crippen molar-refractivity contribution >= 4 is 22.9 Å². The molecule has 0 aliphatic heterocycles. The molecule has 4 rings (SSSR count). The molecule has 0 radical (unpaired) electrons. The van der Waals surface area contributed by atoms with Gasteiger partial charge >= 0.3 is 0 Å². The average Bonchev–Trinajstić information content (AvgIpc) is 2.88. The zero-order chi connectivity index (χ0) is 24.1. The van der Waals surface area contributed by atoms with E-state index in [1.807, 2.05) is 86.6 Å². The van der Waals surface area contributed by atoms with Crippen molar-refractivity contribution in [3.63, 3.8) is 0 Å². The lowest BCUT2D eigenvalue weighted by Crippen LogP contribution is -2.34. The fourth-order valence-electron chi connectivity index (χ4n) is 3.75. The number of carbonyl (C=O) groups excluding carboxylic acids is 1. The third-order valence-corrected chi connectivity index (χ3v) is 5.73. The Balaban J connectivity index is 1.75. The predicted octanol–water partition coefficient (Wildman–Crippen LogP) is 5.02. The number of hydrogen-bond donors (Lipinski definition) is 0. The Morgan fingerprint density at radius 3 is 2.41 bits per heavy atom. The van der Waals surface area contributed by atoms with Crippen LogP contribution in [0.3, 0.4) is 0 Å². The summed E-state index contributed by atoms with van der Waals surface area (Å²) in [4.78, 5) is 32.9. The molecule has 1 heterocycles. The maximum Gasteiger partial charge on any atom is 0.266 e. The van der Waals surface area contributed by atoms with Gasteiger partial charge < -0.3 is 9.64 Å². The molecular formula is C28H27N3O3. The van der Waals surface area contributed by atoms with E-state index in [9.17, 15) is 9.59 Å². The second-order valence-corrected chi connectivity index (χ2v) is 7.92. The van der Waals surface area contributed by atoms with Gasteiger partial charge in [0.05, 0.1) is 29.2 Å². The van der Waals surface area contributed by atoms with Gasteiger partial charge in [-0.2, -0.15) is 0 Å². The highest BCUT2D eigenvalue weighted by molar-refractivity contribution is 5.91. The van der Waals surface area contributed by atoms with Crippen LogP contribution in [-0.2, 0) is 4.79 Å². The van der Waals surface area contributed by atoms with E-state index in [0.717, 1.165) is 11.3 Å². The monoisotopic (exact) mass is 453 g/mol. The van der Waals surface area contributed by atoms with Crippen LogP contribution in [0.25, 0.3) is 22.7 Å². The number of ether oxygens (including phenoxy) is 1. The summed E-state index contributed by atoms with van der Waals surface area (Å²) in [6.45, 7) is 4.35. The third-order valence-electron chi connectivity index (χ3n) is 5.73. The number of para-hydroxylation sites is 1. The van der Waals surface area contributed by atoms with Crippen molar-refractivity contribution in [1.82, 2.24) is 14.5 Å². The highest BCUT2D eigenvalue weighted by atomic mass is 16.5. The number of aromatic nitrogens is 2. The molecule has 0 N–H and O–H groups in total. The minimum absolute atomic E-state index is 0.183. The number of rotatable bonds is 7. The van der Waals surface area contributed by atoms with Crippen LogP contribution in [0.5, 0.6) is 5.75 Å². The molecule has 172 valence electrons. The third kappa shape index (κ3) is 4.76. The van der Waals surface area contributed by atoms with Crippen LogP contribution in [0.2, 0.25) is 0 Å². The highest BCUT2D eigenvalue weighted by Gasteiger charge is 2.23. The fraction of sp³-hybridized carbons (Fsp3) is 0.179. The van der Waals surface area contributed by atoms with Gasteiger partial charge in [0.15, 0.2) is 0 Å². The maximum absolute atomic E-state index is 13.5. The van der Waals surface area contributed by atoms with Gasteiger partial charge in [-0.05, 0) is 61.9 Å². The second kappa shape index (κ2) is 10.2. The van der Waals surface area contributed by atoms with Gasteiger partial charge in [0, 0.05) is 13.1 Å². The summed E-state index contributed by atoms with van der Waals surface area (Å²) >= 11 is 0. The summed E-state index contributed by atoms with van der Waals surface area (Å²) in [5, 5.41) is 0.519. The largest absolute Gasteiger partial charge is 0.494 e. The number of carbonyl (C=O) groups is 1. The molecule has 6 heteroatoms. The quantitative estimate of drug-likeness (QED) is 0.369. The van der Waals surface area contributed by atoms with Gasteiger partial charge in [0.1, 0.15) is 11.6 Å². The van der Waals surface area contributed by atoms with Crippen LogP contribution in [0, 0.1) is 0 Å². The first-order chi connectivity index (χ1) is 16.5. The summed E-state index contributed by atoms with van der Waals surface area (Å²) in [5.41, 5.74) is 2.01. The van der Waals surface area contributed by atoms with E-state index in [-0.39, 0.29) is 11.5 Å². The zero-order valence-corrected chi connectivity index (χ0v) is 19.5. The summed E-state index contributed by atoms with van der Waals surface area (Å²) in [6.07, 6.45) is 3.31. The number of likely N-dealkylation sites (N-methyl/N-ethyl adjacent to an activating group) is 1.